The number of amides is 2. The topological polar surface area (TPSA) is 72.9 Å². The molecule has 1 saturated carbocycles. The van der Waals surface area contributed by atoms with Crippen LogP contribution >= 0.6 is 0 Å². The number of nitrogens with one attached hydrogen (secondary N) is 1. The molecule has 126 valence electrons. The second kappa shape index (κ2) is 7.81. The van der Waals surface area contributed by atoms with Crippen LogP contribution in [0.2, 0.25) is 0 Å². The van der Waals surface area contributed by atoms with E-state index in [9.17, 15) is 9.59 Å². The van der Waals surface area contributed by atoms with Crippen molar-refractivity contribution in [3.63, 3.8) is 0 Å². The zero-order valence-electron chi connectivity index (χ0n) is 13.8. The molecule has 22 heavy (non-hydrogen) atoms. The predicted molar refractivity (Wildman–Crippen MR) is 84.8 cm³/mol. The number of hydrogen-bond acceptors (Lipinski definition) is 3. The molecule has 2 rings (SSSR count). The molecule has 2 aliphatic rings. The zero-order valence-corrected chi connectivity index (χ0v) is 13.8. The van der Waals surface area contributed by atoms with Crippen LogP contribution < -0.4 is 5.32 Å². The number of urea groups is 1. The van der Waals surface area contributed by atoms with E-state index in [4.69, 9.17) is 5.11 Å². The van der Waals surface area contributed by atoms with Crippen LogP contribution in [0.4, 0.5) is 4.79 Å². The van der Waals surface area contributed by atoms with Crippen LogP contribution in [-0.2, 0) is 4.79 Å². The van der Waals surface area contributed by atoms with Crippen molar-refractivity contribution in [2.45, 2.75) is 58.0 Å². The number of carboxylic acids is 1. The highest BCUT2D eigenvalue weighted by Crippen LogP contribution is 2.26. The molecule has 6 heteroatoms. The molecule has 1 heterocycles. The minimum atomic E-state index is -0.784. The van der Waals surface area contributed by atoms with E-state index in [0.717, 1.165) is 51.2 Å². The van der Waals surface area contributed by atoms with Crippen LogP contribution in [0.25, 0.3) is 0 Å². The fourth-order valence-corrected chi connectivity index (χ4v) is 3.49. The lowest BCUT2D eigenvalue weighted by molar-refractivity contribution is -0.139. The fourth-order valence-electron chi connectivity index (χ4n) is 3.49. The summed E-state index contributed by atoms with van der Waals surface area (Å²) in [6.45, 7) is 6.74. The summed E-state index contributed by atoms with van der Waals surface area (Å²) in [6.07, 6.45) is 5.14. The van der Waals surface area contributed by atoms with E-state index in [1.54, 1.807) is 0 Å². The Morgan fingerprint density at radius 2 is 1.86 bits per heavy atom. The van der Waals surface area contributed by atoms with Gasteiger partial charge in [-0.05, 0) is 38.1 Å². The van der Waals surface area contributed by atoms with Crippen molar-refractivity contribution in [1.29, 1.82) is 0 Å². The van der Waals surface area contributed by atoms with E-state index in [-0.39, 0.29) is 24.7 Å². The quantitative estimate of drug-likeness (QED) is 0.784. The van der Waals surface area contributed by atoms with Crippen LogP contribution in [0.3, 0.4) is 0 Å². The van der Waals surface area contributed by atoms with Gasteiger partial charge >= 0.3 is 12.0 Å². The SMILES string of the molecule is CCC1CCN(C(=O)NC2CC(N(CC)CC(=O)O)C2)CC1. The van der Waals surface area contributed by atoms with Gasteiger partial charge in [0.2, 0.25) is 0 Å². The zero-order chi connectivity index (χ0) is 16.1. The van der Waals surface area contributed by atoms with E-state index >= 15 is 0 Å². The molecule has 0 atom stereocenters. The largest absolute Gasteiger partial charge is 0.480 e. The molecule has 2 fully saturated rings. The Morgan fingerprint density at radius 3 is 2.36 bits per heavy atom. The second-order valence-electron chi connectivity index (χ2n) is 6.57. The van der Waals surface area contributed by atoms with Gasteiger partial charge in [-0.3, -0.25) is 9.69 Å². The molecule has 0 spiro atoms. The summed E-state index contributed by atoms with van der Waals surface area (Å²) in [5, 5.41) is 12.0. The molecule has 0 aromatic rings. The molecule has 0 aromatic carbocycles. The number of carbonyl (C=O) groups excluding carboxylic acids is 1. The van der Waals surface area contributed by atoms with Crippen LogP contribution in [0, 0.1) is 5.92 Å². The van der Waals surface area contributed by atoms with Crippen LogP contribution in [0.1, 0.15) is 46.0 Å². The van der Waals surface area contributed by atoms with E-state index in [0.29, 0.717) is 0 Å². The summed E-state index contributed by atoms with van der Waals surface area (Å²) < 4.78 is 0. The third-order valence-electron chi connectivity index (χ3n) is 5.18. The molecule has 1 aliphatic heterocycles. The van der Waals surface area contributed by atoms with Crippen molar-refractivity contribution < 1.29 is 14.7 Å². The maximum Gasteiger partial charge on any atom is 0.317 e. The Balaban J connectivity index is 1.69. The van der Waals surface area contributed by atoms with Crippen molar-refractivity contribution in [3.05, 3.63) is 0 Å². The van der Waals surface area contributed by atoms with Crippen molar-refractivity contribution in [3.8, 4) is 0 Å². The number of likely N-dealkylation sites (tertiary alicyclic amines) is 1. The first kappa shape index (κ1) is 17.1. The van der Waals surface area contributed by atoms with Crippen molar-refractivity contribution >= 4 is 12.0 Å². The molecule has 0 radical (unpaired) electrons. The monoisotopic (exact) mass is 311 g/mol. The Kier molecular flexibility index (Phi) is 6.06. The van der Waals surface area contributed by atoms with Crippen molar-refractivity contribution in [2.24, 2.45) is 5.92 Å². The van der Waals surface area contributed by atoms with E-state index in [2.05, 4.69) is 12.2 Å². The highest BCUT2D eigenvalue weighted by molar-refractivity contribution is 5.74. The van der Waals surface area contributed by atoms with Crippen LogP contribution in [-0.4, -0.2) is 65.2 Å². The van der Waals surface area contributed by atoms with Crippen molar-refractivity contribution in [2.75, 3.05) is 26.2 Å². The molecule has 1 aliphatic carbocycles. The highest BCUT2D eigenvalue weighted by atomic mass is 16.4. The standard InChI is InChI=1S/C16H29N3O3/c1-3-12-5-7-19(8-6-12)16(22)17-13-9-14(10-13)18(4-2)11-15(20)21/h12-14H,3-11H2,1-2H3,(H,17,22)(H,20,21). The van der Waals surface area contributed by atoms with Gasteiger partial charge in [0, 0.05) is 25.2 Å². The number of rotatable bonds is 6. The lowest BCUT2D eigenvalue weighted by Crippen LogP contribution is -2.57. The number of carboxylic acid groups (broad SMARTS) is 1. The van der Waals surface area contributed by atoms with E-state index in [1.807, 2.05) is 16.7 Å². The third kappa shape index (κ3) is 4.35. The Bertz CT molecular complexity index is 388. The first-order chi connectivity index (χ1) is 10.5. The van der Waals surface area contributed by atoms with Gasteiger partial charge < -0.3 is 15.3 Å². The maximum absolute atomic E-state index is 12.2. The van der Waals surface area contributed by atoms with E-state index < -0.39 is 5.97 Å². The number of nitrogens with zero attached hydrogens (tertiary/aromatic N) is 2. The molecule has 2 amide bonds. The third-order valence-corrected chi connectivity index (χ3v) is 5.18. The fraction of sp³-hybridized carbons (Fsp3) is 0.875. The number of piperidine rings is 1. The van der Waals surface area contributed by atoms with Crippen LogP contribution in [0.5, 0.6) is 0 Å². The summed E-state index contributed by atoms with van der Waals surface area (Å²) in [5.74, 6) is -0.0144. The normalized spacial score (nSPS) is 25.9. The molecule has 6 nitrogen and oxygen atoms in total. The average molecular weight is 311 g/mol. The summed E-state index contributed by atoms with van der Waals surface area (Å²) in [6, 6.07) is 0.542. The lowest BCUT2D eigenvalue weighted by Gasteiger charge is -2.43. The number of likely N-dealkylation sites (N-methyl/N-ethyl adjacent to an activating group) is 1. The summed E-state index contributed by atoms with van der Waals surface area (Å²) >= 11 is 0. The number of carbonyl (C=O) groups is 2. The molecule has 0 aromatic heterocycles. The lowest BCUT2D eigenvalue weighted by atomic mass is 9.85. The van der Waals surface area contributed by atoms with Gasteiger partial charge in [-0.25, -0.2) is 4.79 Å². The van der Waals surface area contributed by atoms with Gasteiger partial charge in [0.25, 0.3) is 0 Å². The smallest absolute Gasteiger partial charge is 0.317 e. The van der Waals surface area contributed by atoms with Crippen molar-refractivity contribution in [1.82, 2.24) is 15.1 Å². The molecule has 1 saturated heterocycles. The minimum absolute atomic E-state index is 0.0549. The Labute approximate surface area is 132 Å². The number of aliphatic carboxylic acids is 1. The Hall–Kier alpha value is -1.30. The van der Waals surface area contributed by atoms with Gasteiger partial charge in [-0.15, -0.1) is 0 Å². The van der Waals surface area contributed by atoms with Gasteiger partial charge in [-0.2, -0.15) is 0 Å². The van der Waals surface area contributed by atoms with Gasteiger partial charge in [-0.1, -0.05) is 20.3 Å². The maximum atomic E-state index is 12.2. The predicted octanol–water partition coefficient (Wildman–Crippen LogP) is 1.76. The molecular weight excluding hydrogens is 282 g/mol. The Morgan fingerprint density at radius 1 is 1.23 bits per heavy atom. The minimum Gasteiger partial charge on any atom is -0.480 e. The summed E-state index contributed by atoms with van der Waals surface area (Å²) in [4.78, 5) is 26.9. The van der Waals surface area contributed by atoms with Gasteiger partial charge in [0.05, 0.1) is 6.54 Å². The molecule has 0 bridgehead atoms. The van der Waals surface area contributed by atoms with Gasteiger partial charge in [0.15, 0.2) is 0 Å². The van der Waals surface area contributed by atoms with E-state index in [1.165, 1.54) is 6.42 Å². The molecule has 0 unspecified atom stereocenters. The van der Waals surface area contributed by atoms with Gasteiger partial charge in [0.1, 0.15) is 0 Å². The molecular formula is C16H29N3O3. The first-order valence-corrected chi connectivity index (χ1v) is 8.54. The molecule has 2 N–H and O–H groups in total. The number of hydrogen-bond donors (Lipinski definition) is 2. The van der Waals surface area contributed by atoms with Crippen LogP contribution in [0.15, 0.2) is 0 Å². The first-order valence-electron chi connectivity index (χ1n) is 8.54. The highest BCUT2D eigenvalue weighted by Gasteiger charge is 2.35. The average Bonchev–Trinajstić information content (AvgIpc) is 2.48. The summed E-state index contributed by atoms with van der Waals surface area (Å²) in [7, 11) is 0. The summed E-state index contributed by atoms with van der Waals surface area (Å²) in [5.41, 5.74) is 0. The second-order valence-corrected chi connectivity index (χ2v) is 6.57.